The summed E-state index contributed by atoms with van der Waals surface area (Å²) in [6.45, 7) is 3.20. The number of anilines is 2. The van der Waals surface area contributed by atoms with Crippen molar-refractivity contribution in [1.82, 2.24) is 10.2 Å². The maximum absolute atomic E-state index is 12.2. The molecule has 2 saturated heterocycles. The van der Waals surface area contributed by atoms with E-state index in [1.807, 2.05) is 24.3 Å². The standard InChI is InChI=1S/C16H22N4O2.ClH/c21-15(12-7-8-17-11-12)18-13-5-1-2-6-14(13)19-16(22)20-9-3-4-10-20;/h1-2,5-6,12,17H,3-4,7-11H2,(H,18,21)(H,19,22);1H. The summed E-state index contributed by atoms with van der Waals surface area (Å²) in [4.78, 5) is 26.2. The lowest BCUT2D eigenvalue weighted by molar-refractivity contribution is -0.119. The molecular weight excluding hydrogens is 316 g/mol. The lowest BCUT2D eigenvalue weighted by Crippen LogP contribution is -2.32. The molecule has 6 nitrogen and oxygen atoms in total. The monoisotopic (exact) mass is 338 g/mol. The molecule has 0 radical (unpaired) electrons. The molecule has 1 aromatic rings. The Hall–Kier alpha value is -1.79. The number of urea groups is 1. The molecule has 2 heterocycles. The molecule has 0 bridgehead atoms. The summed E-state index contributed by atoms with van der Waals surface area (Å²) in [7, 11) is 0. The lowest BCUT2D eigenvalue weighted by Gasteiger charge is -2.19. The van der Waals surface area contributed by atoms with Gasteiger partial charge in [-0.25, -0.2) is 4.79 Å². The van der Waals surface area contributed by atoms with Crippen LogP contribution in [0.5, 0.6) is 0 Å². The lowest BCUT2D eigenvalue weighted by atomic mass is 10.1. The first-order valence-corrected chi connectivity index (χ1v) is 7.90. The molecule has 0 spiro atoms. The van der Waals surface area contributed by atoms with E-state index in [2.05, 4.69) is 16.0 Å². The second-order valence-electron chi connectivity index (χ2n) is 5.85. The van der Waals surface area contributed by atoms with E-state index in [1.165, 1.54) is 0 Å². The van der Waals surface area contributed by atoms with Gasteiger partial charge in [-0.15, -0.1) is 12.4 Å². The van der Waals surface area contributed by atoms with E-state index in [1.54, 1.807) is 4.90 Å². The third-order valence-corrected chi connectivity index (χ3v) is 4.25. The van der Waals surface area contributed by atoms with E-state index in [9.17, 15) is 9.59 Å². The Balaban J connectivity index is 0.00000192. The zero-order valence-corrected chi connectivity index (χ0v) is 13.8. The first-order chi connectivity index (χ1) is 10.7. The largest absolute Gasteiger partial charge is 0.325 e. The summed E-state index contributed by atoms with van der Waals surface area (Å²) in [5.74, 6) is 0.00945. The Morgan fingerprint density at radius 2 is 1.74 bits per heavy atom. The average Bonchev–Trinajstić information content (AvgIpc) is 3.23. The summed E-state index contributed by atoms with van der Waals surface area (Å²) in [6.07, 6.45) is 2.97. The van der Waals surface area contributed by atoms with Crippen LogP contribution >= 0.6 is 12.4 Å². The normalized spacial score (nSPS) is 20.0. The number of rotatable bonds is 3. The molecule has 0 aliphatic carbocycles. The van der Waals surface area contributed by atoms with Gasteiger partial charge in [-0.2, -0.15) is 0 Å². The van der Waals surface area contributed by atoms with Gasteiger partial charge >= 0.3 is 6.03 Å². The van der Waals surface area contributed by atoms with Crippen LogP contribution in [0.4, 0.5) is 16.2 Å². The average molecular weight is 339 g/mol. The topological polar surface area (TPSA) is 73.5 Å². The number of para-hydroxylation sites is 2. The number of halogens is 1. The minimum Gasteiger partial charge on any atom is -0.325 e. The molecule has 1 aromatic carbocycles. The highest BCUT2D eigenvalue weighted by molar-refractivity contribution is 6.00. The van der Waals surface area contributed by atoms with Gasteiger partial charge < -0.3 is 20.9 Å². The first kappa shape index (κ1) is 17.6. The van der Waals surface area contributed by atoms with E-state index in [4.69, 9.17) is 0 Å². The van der Waals surface area contributed by atoms with Crippen molar-refractivity contribution in [3.63, 3.8) is 0 Å². The van der Waals surface area contributed by atoms with Gasteiger partial charge in [-0.05, 0) is 37.9 Å². The van der Waals surface area contributed by atoms with Crippen LogP contribution in [0, 0.1) is 5.92 Å². The first-order valence-electron chi connectivity index (χ1n) is 7.90. The van der Waals surface area contributed by atoms with Crippen molar-refractivity contribution in [2.24, 2.45) is 5.92 Å². The maximum Gasteiger partial charge on any atom is 0.321 e. The van der Waals surface area contributed by atoms with Crippen molar-refractivity contribution in [3.05, 3.63) is 24.3 Å². The molecule has 2 fully saturated rings. The molecule has 3 amide bonds. The Morgan fingerprint density at radius 3 is 2.35 bits per heavy atom. The summed E-state index contributed by atoms with van der Waals surface area (Å²) in [5.41, 5.74) is 1.31. The molecule has 2 aliphatic rings. The van der Waals surface area contributed by atoms with Gasteiger partial charge in [0.2, 0.25) is 5.91 Å². The van der Waals surface area contributed by atoms with Crippen LogP contribution in [0.25, 0.3) is 0 Å². The number of hydrogen-bond donors (Lipinski definition) is 3. The predicted molar refractivity (Wildman–Crippen MR) is 93.1 cm³/mol. The highest BCUT2D eigenvalue weighted by Gasteiger charge is 2.23. The van der Waals surface area contributed by atoms with E-state index < -0.39 is 0 Å². The van der Waals surface area contributed by atoms with Gasteiger partial charge in [-0.1, -0.05) is 12.1 Å². The van der Waals surface area contributed by atoms with E-state index in [0.29, 0.717) is 17.9 Å². The third kappa shape index (κ3) is 4.36. The highest BCUT2D eigenvalue weighted by atomic mass is 35.5. The summed E-state index contributed by atoms with van der Waals surface area (Å²) in [6, 6.07) is 7.25. The van der Waals surface area contributed by atoms with Crippen LogP contribution in [0.2, 0.25) is 0 Å². The number of benzene rings is 1. The fourth-order valence-corrected chi connectivity index (χ4v) is 2.93. The van der Waals surface area contributed by atoms with Crippen molar-refractivity contribution in [3.8, 4) is 0 Å². The molecule has 126 valence electrons. The highest BCUT2D eigenvalue weighted by Crippen LogP contribution is 2.23. The van der Waals surface area contributed by atoms with Gasteiger partial charge in [0.15, 0.2) is 0 Å². The van der Waals surface area contributed by atoms with Crippen molar-refractivity contribution in [2.45, 2.75) is 19.3 Å². The van der Waals surface area contributed by atoms with Gasteiger partial charge in [0, 0.05) is 19.6 Å². The summed E-state index contributed by atoms with van der Waals surface area (Å²) < 4.78 is 0. The fourth-order valence-electron chi connectivity index (χ4n) is 2.93. The predicted octanol–water partition coefficient (Wildman–Crippen LogP) is 2.28. The number of likely N-dealkylation sites (tertiary alicyclic amines) is 1. The minimum absolute atomic E-state index is 0. The van der Waals surface area contributed by atoms with Crippen molar-refractivity contribution in [2.75, 3.05) is 36.8 Å². The van der Waals surface area contributed by atoms with Gasteiger partial charge in [0.1, 0.15) is 0 Å². The van der Waals surface area contributed by atoms with Crippen LogP contribution in [0.1, 0.15) is 19.3 Å². The molecular formula is C16H23ClN4O2. The molecule has 3 rings (SSSR count). The number of carbonyl (C=O) groups is 2. The molecule has 0 saturated carbocycles. The van der Waals surface area contributed by atoms with Crippen LogP contribution in [-0.4, -0.2) is 43.0 Å². The Kier molecular flexibility index (Phi) is 6.24. The summed E-state index contributed by atoms with van der Waals surface area (Å²) in [5, 5.41) is 9.03. The van der Waals surface area contributed by atoms with Gasteiger partial charge in [-0.3, -0.25) is 4.79 Å². The van der Waals surface area contributed by atoms with Crippen LogP contribution in [0.15, 0.2) is 24.3 Å². The second-order valence-corrected chi connectivity index (χ2v) is 5.85. The molecule has 1 unspecified atom stereocenters. The molecule has 3 N–H and O–H groups in total. The third-order valence-electron chi connectivity index (χ3n) is 4.25. The van der Waals surface area contributed by atoms with E-state index in [0.717, 1.165) is 38.9 Å². The van der Waals surface area contributed by atoms with E-state index >= 15 is 0 Å². The van der Waals surface area contributed by atoms with E-state index in [-0.39, 0.29) is 30.3 Å². The molecule has 23 heavy (non-hydrogen) atoms. The van der Waals surface area contributed by atoms with Crippen molar-refractivity contribution in [1.29, 1.82) is 0 Å². The Labute approximate surface area is 142 Å². The Bertz CT molecular complexity index is 506. The minimum atomic E-state index is -0.0956. The van der Waals surface area contributed by atoms with Gasteiger partial charge in [0.05, 0.1) is 17.3 Å². The number of hydrogen-bond acceptors (Lipinski definition) is 3. The zero-order valence-electron chi connectivity index (χ0n) is 13.0. The SMILES string of the molecule is Cl.O=C(Nc1ccccc1NC(=O)N1CCCC1)C1CCNC1. The second kappa shape index (κ2) is 8.17. The smallest absolute Gasteiger partial charge is 0.321 e. The van der Waals surface area contributed by atoms with Crippen molar-refractivity contribution >= 4 is 35.7 Å². The van der Waals surface area contributed by atoms with Crippen LogP contribution < -0.4 is 16.0 Å². The molecule has 0 aromatic heterocycles. The fraction of sp³-hybridized carbons (Fsp3) is 0.500. The molecule has 2 aliphatic heterocycles. The number of carbonyl (C=O) groups excluding carboxylic acids is 2. The molecule has 1 atom stereocenters. The van der Waals surface area contributed by atoms with Crippen molar-refractivity contribution < 1.29 is 9.59 Å². The van der Waals surface area contributed by atoms with Crippen LogP contribution in [-0.2, 0) is 4.79 Å². The summed E-state index contributed by atoms with van der Waals surface area (Å²) >= 11 is 0. The Morgan fingerprint density at radius 1 is 1.09 bits per heavy atom. The number of amides is 3. The quantitative estimate of drug-likeness (QED) is 0.791. The number of nitrogens with zero attached hydrogens (tertiary/aromatic N) is 1. The number of nitrogens with one attached hydrogen (secondary N) is 3. The molecule has 7 heteroatoms. The maximum atomic E-state index is 12.2. The zero-order chi connectivity index (χ0) is 15.4. The van der Waals surface area contributed by atoms with Gasteiger partial charge in [0.25, 0.3) is 0 Å². The van der Waals surface area contributed by atoms with Crippen LogP contribution in [0.3, 0.4) is 0 Å².